The van der Waals surface area contributed by atoms with E-state index in [-0.39, 0.29) is 11.8 Å². The van der Waals surface area contributed by atoms with Crippen molar-refractivity contribution in [1.82, 2.24) is 9.97 Å². The summed E-state index contributed by atoms with van der Waals surface area (Å²) in [7, 11) is 1.60. The number of carbonyl (C=O) groups is 1. The molecule has 0 saturated carbocycles. The highest BCUT2D eigenvalue weighted by molar-refractivity contribution is 6.31. The van der Waals surface area contributed by atoms with Crippen LogP contribution in [0.2, 0.25) is 5.15 Å². The van der Waals surface area contributed by atoms with Crippen molar-refractivity contribution < 1.29 is 19.0 Å². The summed E-state index contributed by atoms with van der Waals surface area (Å²) in [6.07, 6.45) is 2.68. The summed E-state index contributed by atoms with van der Waals surface area (Å²) < 4.78 is 16.7. The van der Waals surface area contributed by atoms with Gasteiger partial charge >= 0.3 is 5.97 Å². The lowest BCUT2D eigenvalue weighted by atomic mass is 9.81. The summed E-state index contributed by atoms with van der Waals surface area (Å²) in [5, 5.41) is 1.12. The van der Waals surface area contributed by atoms with Crippen molar-refractivity contribution in [3.05, 3.63) is 63.1 Å². The number of halogens is 1. The molecule has 2 N–H and O–H groups in total. The number of nitrogens with zero attached hydrogens (tertiary/aromatic N) is 2. The van der Waals surface area contributed by atoms with E-state index in [2.05, 4.69) is 4.98 Å². The highest BCUT2D eigenvalue weighted by Crippen LogP contribution is 2.49. The number of fused-ring (bicyclic) bond motifs is 3. The van der Waals surface area contributed by atoms with Crippen LogP contribution in [0.4, 0.5) is 5.69 Å². The third-order valence-corrected chi connectivity index (χ3v) is 6.59. The molecule has 0 fully saturated rings. The highest BCUT2D eigenvalue weighted by Gasteiger charge is 2.40. The molecule has 2 aliphatic rings. The van der Waals surface area contributed by atoms with Crippen LogP contribution in [-0.4, -0.2) is 29.7 Å². The van der Waals surface area contributed by atoms with Gasteiger partial charge in [-0.3, -0.25) is 0 Å². The van der Waals surface area contributed by atoms with Gasteiger partial charge in [0.05, 0.1) is 36.3 Å². The number of rotatable bonds is 4. The van der Waals surface area contributed by atoms with Gasteiger partial charge in [0.15, 0.2) is 0 Å². The number of aryl methyl sites for hydroxylation is 1. The smallest absolute Gasteiger partial charge is 0.338 e. The van der Waals surface area contributed by atoms with E-state index in [1.54, 1.807) is 21.0 Å². The Hall–Kier alpha value is -3.32. The van der Waals surface area contributed by atoms with Crippen molar-refractivity contribution in [2.24, 2.45) is 0 Å². The van der Waals surface area contributed by atoms with Crippen molar-refractivity contribution in [3.8, 4) is 11.6 Å². The van der Waals surface area contributed by atoms with Gasteiger partial charge in [0, 0.05) is 28.4 Å². The van der Waals surface area contributed by atoms with E-state index in [1.165, 1.54) is 0 Å². The predicted molar refractivity (Wildman–Crippen MR) is 126 cm³/mol. The number of nitrogens with two attached hydrogens (primary N) is 1. The normalized spacial score (nSPS) is 16.9. The molecule has 1 aliphatic heterocycles. The molecule has 8 heteroatoms. The second kappa shape index (κ2) is 8.23. The number of methoxy groups -OCH3 is 1. The van der Waals surface area contributed by atoms with E-state index < -0.39 is 11.9 Å². The average molecular weight is 466 g/mol. The number of allylic oxidation sites excluding steroid dienone is 1. The number of pyridine rings is 2. The summed E-state index contributed by atoms with van der Waals surface area (Å²) in [5.41, 5.74) is 11.6. The molecule has 7 nitrogen and oxygen atoms in total. The molecule has 0 spiro atoms. The van der Waals surface area contributed by atoms with Crippen molar-refractivity contribution in [1.29, 1.82) is 0 Å². The van der Waals surface area contributed by atoms with Gasteiger partial charge in [0.2, 0.25) is 5.88 Å². The number of nitrogen functional groups attached to an aromatic ring is 1. The monoisotopic (exact) mass is 465 g/mol. The van der Waals surface area contributed by atoms with Gasteiger partial charge in [0.25, 0.3) is 0 Å². The first-order valence-electron chi connectivity index (χ1n) is 10.9. The Balaban J connectivity index is 1.78. The Labute approximate surface area is 196 Å². The number of anilines is 1. The third kappa shape index (κ3) is 3.47. The molecule has 33 heavy (non-hydrogen) atoms. The predicted octanol–water partition coefficient (Wildman–Crippen LogP) is 4.72. The first-order chi connectivity index (χ1) is 15.9. The maximum absolute atomic E-state index is 13.1. The Morgan fingerprint density at radius 3 is 2.85 bits per heavy atom. The van der Waals surface area contributed by atoms with Gasteiger partial charge in [-0.25, -0.2) is 14.8 Å². The van der Waals surface area contributed by atoms with Crippen LogP contribution in [0.5, 0.6) is 11.6 Å². The second-order valence-electron chi connectivity index (χ2n) is 8.18. The molecule has 0 saturated heterocycles. The van der Waals surface area contributed by atoms with Crippen LogP contribution in [0.3, 0.4) is 0 Å². The summed E-state index contributed by atoms with van der Waals surface area (Å²) in [6, 6.07) is 7.52. The number of benzene rings is 1. The number of ether oxygens (including phenoxy) is 3. The number of hydrogen-bond donors (Lipinski definition) is 1. The Morgan fingerprint density at radius 1 is 1.27 bits per heavy atom. The largest absolute Gasteiger partial charge is 0.497 e. The van der Waals surface area contributed by atoms with Gasteiger partial charge in [0.1, 0.15) is 16.7 Å². The van der Waals surface area contributed by atoms with Gasteiger partial charge in [-0.15, -0.1) is 0 Å². The van der Waals surface area contributed by atoms with Crippen LogP contribution in [0.15, 0.2) is 35.6 Å². The number of aromatic nitrogens is 2. The van der Waals surface area contributed by atoms with E-state index in [4.69, 9.17) is 36.5 Å². The van der Waals surface area contributed by atoms with Crippen LogP contribution >= 0.6 is 11.6 Å². The van der Waals surface area contributed by atoms with Crippen molar-refractivity contribution in [2.75, 3.05) is 19.5 Å². The molecular weight excluding hydrogens is 442 g/mol. The van der Waals surface area contributed by atoms with Crippen molar-refractivity contribution in [2.45, 2.75) is 39.0 Å². The lowest BCUT2D eigenvalue weighted by Crippen LogP contribution is -2.25. The van der Waals surface area contributed by atoms with E-state index in [0.717, 1.165) is 35.9 Å². The Bertz CT molecular complexity index is 1340. The fourth-order valence-corrected chi connectivity index (χ4v) is 5.01. The topological polar surface area (TPSA) is 96.6 Å². The molecule has 0 amide bonds. The van der Waals surface area contributed by atoms with Gasteiger partial charge in [-0.2, -0.15) is 0 Å². The zero-order valence-electron chi connectivity index (χ0n) is 18.7. The minimum atomic E-state index is -0.613. The third-order valence-electron chi connectivity index (χ3n) is 6.29. The molecule has 3 heterocycles. The SMILES string of the molecule is CCOC(=O)C1=C(C)Oc2nc3c(c(N)c2C1c1cc2ccc(OC)cc2nc1Cl)CCC3. The zero-order valence-corrected chi connectivity index (χ0v) is 19.5. The van der Waals surface area contributed by atoms with E-state index >= 15 is 0 Å². The Morgan fingerprint density at radius 2 is 2.09 bits per heavy atom. The summed E-state index contributed by atoms with van der Waals surface area (Å²) in [6.45, 7) is 3.73. The molecule has 2 aromatic heterocycles. The maximum Gasteiger partial charge on any atom is 0.338 e. The molecule has 1 atom stereocenters. The standard InChI is InChI=1S/C25H24ClN3O4/c1-4-32-25(30)19-12(2)33-24-21(22(27)15-6-5-7-17(15)29-24)20(19)16-10-13-8-9-14(31-3)11-18(13)28-23(16)26/h8-11,20H,4-7H2,1-3H3,(H2,27,29). The lowest BCUT2D eigenvalue weighted by molar-refractivity contribution is -0.139. The van der Waals surface area contributed by atoms with E-state index in [0.29, 0.717) is 45.3 Å². The molecule has 3 aromatic rings. The maximum atomic E-state index is 13.1. The number of hydrogen-bond acceptors (Lipinski definition) is 7. The summed E-state index contributed by atoms with van der Waals surface area (Å²) >= 11 is 6.73. The molecule has 1 aromatic carbocycles. The van der Waals surface area contributed by atoms with Gasteiger partial charge < -0.3 is 19.9 Å². The van der Waals surface area contributed by atoms with Crippen LogP contribution < -0.4 is 15.2 Å². The molecule has 170 valence electrons. The first-order valence-corrected chi connectivity index (χ1v) is 11.3. The highest BCUT2D eigenvalue weighted by atomic mass is 35.5. The van der Waals surface area contributed by atoms with Crippen LogP contribution in [0, 0.1) is 0 Å². The number of carbonyl (C=O) groups excluding carboxylic acids is 1. The summed E-state index contributed by atoms with van der Waals surface area (Å²) in [4.78, 5) is 22.5. The van der Waals surface area contributed by atoms with Crippen molar-refractivity contribution >= 4 is 34.2 Å². The van der Waals surface area contributed by atoms with Crippen LogP contribution in [-0.2, 0) is 22.4 Å². The number of esters is 1. The van der Waals surface area contributed by atoms with Gasteiger partial charge in [-0.1, -0.05) is 11.6 Å². The summed E-state index contributed by atoms with van der Waals surface area (Å²) in [5.74, 6) is 0.424. The molecular formula is C25H24ClN3O4. The zero-order chi connectivity index (χ0) is 23.3. The molecule has 1 aliphatic carbocycles. The fraction of sp³-hybridized carbons (Fsp3) is 0.320. The van der Waals surface area contributed by atoms with Gasteiger partial charge in [-0.05, 0) is 56.9 Å². The Kier molecular flexibility index (Phi) is 5.37. The van der Waals surface area contributed by atoms with Crippen molar-refractivity contribution in [3.63, 3.8) is 0 Å². The van der Waals surface area contributed by atoms with E-state index in [9.17, 15) is 4.79 Å². The molecule has 0 radical (unpaired) electrons. The fourth-order valence-electron chi connectivity index (χ4n) is 4.76. The molecule has 0 bridgehead atoms. The quantitative estimate of drug-likeness (QED) is 0.439. The first kappa shape index (κ1) is 21.5. The van der Waals surface area contributed by atoms with Crippen LogP contribution in [0.25, 0.3) is 10.9 Å². The minimum Gasteiger partial charge on any atom is -0.497 e. The lowest BCUT2D eigenvalue weighted by Gasteiger charge is -2.30. The van der Waals surface area contributed by atoms with Crippen LogP contribution in [0.1, 0.15) is 48.6 Å². The molecule has 5 rings (SSSR count). The second-order valence-corrected chi connectivity index (χ2v) is 8.53. The molecule has 1 unspecified atom stereocenters. The van der Waals surface area contributed by atoms with E-state index in [1.807, 2.05) is 24.3 Å². The average Bonchev–Trinajstić information content (AvgIpc) is 3.26. The minimum absolute atomic E-state index is 0.233.